The quantitative estimate of drug-likeness (QED) is 0.670. The van der Waals surface area contributed by atoms with Crippen LogP contribution in [0.2, 0.25) is 5.02 Å². The van der Waals surface area contributed by atoms with Gasteiger partial charge in [0.05, 0.1) is 29.2 Å². The molecule has 1 aromatic carbocycles. The summed E-state index contributed by atoms with van der Waals surface area (Å²) in [7, 11) is 0. The lowest BCUT2D eigenvalue weighted by molar-refractivity contribution is -0.125. The molecule has 3 aromatic rings. The van der Waals surface area contributed by atoms with Crippen LogP contribution in [0.25, 0.3) is 5.65 Å². The van der Waals surface area contributed by atoms with Crippen LogP contribution in [0.15, 0.2) is 54.9 Å². The molecule has 2 aromatic heterocycles. The van der Waals surface area contributed by atoms with Gasteiger partial charge in [-0.2, -0.15) is 0 Å². The molecule has 1 fully saturated rings. The van der Waals surface area contributed by atoms with Gasteiger partial charge in [-0.15, -0.1) is 0 Å². The first-order valence-corrected chi connectivity index (χ1v) is 8.53. The van der Waals surface area contributed by atoms with Crippen LogP contribution in [0.5, 0.6) is 0 Å². The number of nitrogens with zero attached hydrogens (tertiary/aromatic N) is 2. The first-order chi connectivity index (χ1) is 12.2. The highest BCUT2D eigenvalue weighted by Crippen LogP contribution is 2.24. The maximum atomic E-state index is 12.6. The fourth-order valence-corrected chi connectivity index (χ4v) is 3.30. The summed E-state index contributed by atoms with van der Waals surface area (Å²) >= 11 is 5.98. The van der Waals surface area contributed by atoms with Crippen LogP contribution >= 0.6 is 11.6 Å². The Hall–Kier alpha value is -2.41. The number of benzene rings is 1. The van der Waals surface area contributed by atoms with Crippen LogP contribution in [-0.4, -0.2) is 21.8 Å². The topological polar surface area (TPSA) is 70.5 Å². The number of hydrogen-bond acceptors (Lipinski definition) is 4. The predicted octanol–water partition coefficient (Wildman–Crippen LogP) is 2.07. The second-order valence-electron chi connectivity index (χ2n) is 6.08. The third kappa shape index (κ3) is 3.37. The molecule has 3 heterocycles. The van der Waals surface area contributed by atoms with Crippen LogP contribution in [0.3, 0.4) is 0 Å². The summed E-state index contributed by atoms with van der Waals surface area (Å²) in [5.41, 5.74) is 8.96. The van der Waals surface area contributed by atoms with Crippen molar-refractivity contribution in [2.75, 3.05) is 6.54 Å². The number of hydrazine groups is 1. The smallest absolute Gasteiger partial charge is 0.226 e. The van der Waals surface area contributed by atoms with Gasteiger partial charge >= 0.3 is 0 Å². The molecule has 2 unspecified atom stereocenters. The molecule has 6 nitrogen and oxygen atoms in total. The maximum Gasteiger partial charge on any atom is 0.226 e. The number of fused-ring (bicyclic) bond motifs is 1. The van der Waals surface area contributed by atoms with Gasteiger partial charge in [0.2, 0.25) is 5.91 Å². The molecule has 1 saturated heterocycles. The largest absolute Gasteiger partial charge is 0.350 e. The van der Waals surface area contributed by atoms with Gasteiger partial charge in [0.15, 0.2) is 0 Å². The Kier molecular flexibility index (Phi) is 4.40. The van der Waals surface area contributed by atoms with Gasteiger partial charge in [-0.25, -0.2) is 10.4 Å². The number of aromatic nitrogens is 2. The Labute approximate surface area is 150 Å². The number of nitrogens with one attached hydrogen (secondary N) is 3. The Bertz CT molecular complexity index is 895. The summed E-state index contributed by atoms with van der Waals surface area (Å²) in [5.74, 6) is -0.171. The van der Waals surface area contributed by atoms with E-state index in [4.69, 9.17) is 11.6 Å². The highest BCUT2D eigenvalue weighted by atomic mass is 35.5. The molecular weight excluding hydrogens is 338 g/mol. The summed E-state index contributed by atoms with van der Waals surface area (Å²) in [6, 6.07) is 13.6. The molecule has 128 valence electrons. The summed E-state index contributed by atoms with van der Waals surface area (Å²) in [4.78, 5) is 17.1. The van der Waals surface area contributed by atoms with E-state index < -0.39 is 0 Å². The standard InChI is InChI=1S/C18H18ClN5O/c19-13-6-7-16-22-14(11-24(16)10-13)8-20-18(25)15-9-21-23-17(15)12-4-2-1-3-5-12/h1-7,10-11,15,17,21,23H,8-9H2,(H,20,25). The molecule has 1 aliphatic rings. The van der Waals surface area contributed by atoms with Gasteiger partial charge in [0.1, 0.15) is 5.65 Å². The van der Waals surface area contributed by atoms with Gasteiger partial charge in [0.25, 0.3) is 0 Å². The van der Waals surface area contributed by atoms with Gasteiger partial charge in [-0.1, -0.05) is 41.9 Å². The molecule has 25 heavy (non-hydrogen) atoms. The van der Waals surface area contributed by atoms with E-state index in [0.29, 0.717) is 18.1 Å². The molecule has 2 atom stereocenters. The highest BCUT2D eigenvalue weighted by molar-refractivity contribution is 6.30. The molecule has 0 radical (unpaired) electrons. The molecule has 0 bridgehead atoms. The van der Waals surface area contributed by atoms with Crippen LogP contribution in [-0.2, 0) is 11.3 Å². The average Bonchev–Trinajstić information content (AvgIpc) is 3.26. The number of hydrogen-bond donors (Lipinski definition) is 3. The van der Waals surface area contributed by atoms with Crippen molar-refractivity contribution in [3.63, 3.8) is 0 Å². The first-order valence-electron chi connectivity index (χ1n) is 8.15. The minimum Gasteiger partial charge on any atom is -0.350 e. The van der Waals surface area contributed by atoms with E-state index in [0.717, 1.165) is 16.9 Å². The van der Waals surface area contributed by atoms with Crippen molar-refractivity contribution >= 4 is 23.2 Å². The zero-order valence-electron chi connectivity index (χ0n) is 13.4. The van der Waals surface area contributed by atoms with E-state index in [-0.39, 0.29) is 17.9 Å². The van der Waals surface area contributed by atoms with Crippen molar-refractivity contribution in [1.29, 1.82) is 0 Å². The van der Waals surface area contributed by atoms with Gasteiger partial charge in [0, 0.05) is 18.9 Å². The molecule has 0 aliphatic carbocycles. The third-order valence-corrected chi connectivity index (χ3v) is 4.61. The molecule has 3 N–H and O–H groups in total. The third-order valence-electron chi connectivity index (χ3n) is 4.39. The molecule has 1 aliphatic heterocycles. The van der Waals surface area contributed by atoms with Crippen LogP contribution in [0.1, 0.15) is 17.3 Å². The van der Waals surface area contributed by atoms with Crippen molar-refractivity contribution in [3.8, 4) is 0 Å². The fraction of sp³-hybridized carbons (Fsp3) is 0.222. The lowest BCUT2D eigenvalue weighted by Crippen LogP contribution is -2.34. The second kappa shape index (κ2) is 6.84. The first kappa shape index (κ1) is 16.1. The van der Waals surface area contributed by atoms with E-state index in [9.17, 15) is 4.79 Å². The van der Waals surface area contributed by atoms with Crippen molar-refractivity contribution in [1.82, 2.24) is 25.6 Å². The Morgan fingerprint density at radius 3 is 2.92 bits per heavy atom. The number of imidazole rings is 1. The summed E-state index contributed by atoms with van der Waals surface area (Å²) in [6.45, 7) is 0.975. The Balaban J connectivity index is 1.44. The van der Waals surface area contributed by atoms with E-state index >= 15 is 0 Å². The molecule has 4 rings (SSSR count). The van der Waals surface area contributed by atoms with Gasteiger partial charge in [-0.05, 0) is 17.7 Å². The molecule has 1 amide bonds. The predicted molar refractivity (Wildman–Crippen MR) is 95.9 cm³/mol. The van der Waals surface area contributed by atoms with Crippen LogP contribution in [0.4, 0.5) is 0 Å². The Morgan fingerprint density at radius 1 is 1.24 bits per heavy atom. The number of halogens is 1. The molecule has 0 saturated carbocycles. The zero-order chi connectivity index (χ0) is 17.2. The van der Waals surface area contributed by atoms with E-state index in [1.165, 1.54) is 0 Å². The van der Waals surface area contributed by atoms with Gasteiger partial charge in [-0.3, -0.25) is 10.2 Å². The number of rotatable bonds is 4. The number of amides is 1. The summed E-state index contributed by atoms with van der Waals surface area (Å²) in [5, 5.41) is 3.64. The number of carbonyl (C=O) groups excluding carboxylic acids is 1. The molecule has 7 heteroatoms. The van der Waals surface area contributed by atoms with Crippen molar-refractivity contribution < 1.29 is 4.79 Å². The number of carbonyl (C=O) groups is 1. The lowest BCUT2D eigenvalue weighted by Gasteiger charge is -2.18. The molecular formula is C18H18ClN5O. The Morgan fingerprint density at radius 2 is 2.08 bits per heavy atom. The normalized spacial score (nSPS) is 20.0. The minimum atomic E-state index is -0.172. The van der Waals surface area contributed by atoms with Crippen molar-refractivity contribution in [3.05, 3.63) is 71.1 Å². The maximum absolute atomic E-state index is 12.6. The van der Waals surface area contributed by atoms with Crippen LogP contribution in [0, 0.1) is 5.92 Å². The number of pyridine rings is 1. The van der Waals surface area contributed by atoms with Crippen molar-refractivity contribution in [2.24, 2.45) is 5.92 Å². The molecule has 0 spiro atoms. The lowest BCUT2D eigenvalue weighted by atomic mass is 9.94. The average molecular weight is 356 g/mol. The van der Waals surface area contributed by atoms with E-state index in [1.807, 2.05) is 47.0 Å². The SMILES string of the molecule is O=C(NCc1cn2cc(Cl)ccc2n1)C1CNNC1c1ccccc1. The monoisotopic (exact) mass is 355 g/mol. The van der Waals surface area contributed by atoms with E-state index in [2.05, 4.69) is 21.2 Å². The second-order valence-corrected chi connectivity index (χ2v) is 6.52. The van der Waals surface area contributed by atoms with Crippen molar-refractivity contribution in [2.45, 2.75) is 12.6 Å². The zero-order valence-corrected chi connectivity index (χ0v) is 14.2. The highest BCUT2D eigenvalue weighted by Gasteiger charge is 2.33. The summed E-state index contributed by atoms with van der Waals surface area (Å²) < 4.78 is 1.86. The van der Waals surface area contributed by atoms with Crippen LogP contribution < -0.4 is 16.2 Å². The van der Waals surface area contributed by atoms with E-state index in [1.54, 1.807) is 12.3 Å². The fourth-order valence-electron chi connectivity index (χ4n) is 3.13. The summed E-state index contributed by atoms with van der Waals surface area (Å²) in [6.07, 6.45) is 3.67. The van der Waals surface area contributed by atoms with Gasteiger partial charge < -0.3 is 9.72 Å². The minimum absolute atomic E-state index is 0.00133.